The Labute approximate surface area is 233 Å². The molecule has 1 heterocycles. The van der Waals surface area contributed by atoms with E-state index in [1.54, 1.807) is 19.0 Å². The van der Waals surface area contributed by atoms with Crippen molar-refractivity contribution in [1.82, 2.24) is 10.1 Å². The zero-order chi connectivity index (χ0) is 29.4. The second kappa shape index (κ2) is 9.28. The minimum Gasteiger partial charge on any atom is -0.508 e. The predicted octanol–water partition coefficient (Wildman–Crippen LogP) is 5.00. The molecule has 0 bridgehead atoms. The fourth-order valence-corrected chi connectivity index (χ4v) is 6.71. The molecule has 2 aromatic carbocycles. The first kappa shape index (κ1) is 27.2. The van der Waals surface area contributed by atoms with E-state index in [-0.39, 0.29) is 53.4 Å². The minimum absolute atomic E-state index is 0.0484. The van der Waals surface area contributed by atoms with Crippen LogP contribution in [0.3, 0.4) is 0 Å². The lowest BCUT2D eigenvalue weighted by molar-refractivity contribution is -0.138. The van der Waals surface area contributed by atoms with Gasteiger partial charge in [0.2, 0.25) is 5.78 Å². The van der Waals surface area contributed by atoms with Crippen molar-refractivity contribution in [3.63, 3.8) is 0 Å². The summed E-state index contributed by atoms with van der Waals surface area (Å²) >= 11 is 0. The fraction of sp³-hybridized carbons (Fsp3) is 0.367. The van der Waals surface area contributed by atoms with Crippen molar-refractivity contribution in [3.8, 4) is 5.88 Å². The Morgan fingerprint density at radius 1 is 1.12 bits per heavy atom. The van der Waals surface area contributed by atoms with Crippen LogP contribution < -0.4 is 4.74 Å². The van der Waals surface area contributed by atoms with Crippen molar-refractivity contribution >= 4 is 11.6 Å². The van der Waals surface area contributed by atoms with Gasteiger partial charge in [0, 0.05) is 17.1 Å². The highest BCUT2D eigenvalue weighted by atomic mass is 19.4. The van der Waals surface area contributed by atoms with Gasteiger partial charge in [-0.25, -0.2) is 0 Å². The number of ketones is 2. The monoisotopic (exact) mass is 568 g/mol. The topological polar surface area (TPSA) is 113 Å². The fourth-order valence-electron chi connectivity index (χ4n) is 6.71. The Kier molecular flexibility index (Phi) is 6.16. The molecular weight excluding hydrogens is 541 g/mol. The molecule has 3 aromatic rings. The Balaban J connectivity index is 1.48. The third-order valence-electron chi connectivity index (χ3n) is 8.53. The van der Waals surface area contributed by atoms with Crippen LogP contribution in [0.5, 0.6) is 5.88 Å². The van der Waals surface area contributed by atoms with Crippen LogP contribution in [0.4, 0.5) is 13.2 Å². The molecule has 3 aliphatic rings. The summed E-state index contributed by atoms with van der Waals surface area (Å²) in [7, 11) is 3.36. The molecule has 0 spiro atoms. The largest absolute Gasteiger partial charge is 0.508 e. The number of ether oxygens (including phenoxy) is 1. The van der Waals surface area contributed by atoms with Gasteiger partial charge in [-0.3, -0.25) is 14.5 Å². The van der Waals surface area contributed by atoms with Crippen LogP contribution in [-0.2, 0) is 19.2 Å². The average molecular weight is 569 g/mol. The van der Waals surface area contributed by atoms with Gasteiger partial charge in [-0.15, -0.1) is 0 Å². The summed E-state index contributed by atoms with van der Waals surface area (Å²) in [5, 5.41) is 27.6. The number of aliphatic hydroxyl groups excluding tert-OH is 1. The zero-order valence-corrected chi connectivity index (χ0v) is 22.5. The number of hydrogen-bond donors (Lipinski definition) is 2. The van der Waals surface area contributed by atoms with Crippen LogP contribution in [0.1, 0.15) is 61.2 Å². The number of nitrogens with zero attached hydrogens (tertiary/aromatic N) is 2. The Bertz CT molecular complexity index is 1610. The number of carbonyl (C=O) groups excluding carboxylic acids is 2. The number of rotatable bonds is 4. The average Bonchev–Trinajstić information content (AvgIpc) is 3.32. The van der Waals surface area contributed by atoms with Gasteiger partial charge in [-0.1, -0.05) is 36.4 Å². The van der Waals surface area contributed by atoms with Crippen LogP contribution in [-0.4, -0.2) is 51.5 Å². The van der Waals surface area contributed by atoms with E-state index in [4.69, 9.17) is 9.26 Å². The second-order valence-corrected chi connectivity index (χ2v) is 11.1. The van der Waals surface area contributed by atoms with Crippen LogP contribution in [0.2, 0.25) is 0 Å². The highest BCUT2D eigenvalue weighted by Crippen LogP contribution is 2.56. The number of carbonyl (C=O) groups is 2. The number of hydrogen-bond acceptors (Lipinski definition) is 8. The number of alkyl halides is 3. The lowest BCUT2D eigenvalue weighted by Gasteiger charge is -2.49. The van der Waals surface area contributed by atoms with E-state index >= 15 is 0 Å². The van der Waals surface area contributed by atoms with Crippen molar-refractivity contribution in [2.24, 2.45) is 11.8 Å². The third-order valence-corrected chi connectivity index (χ3v) is 8.53. The quantitative estimate of drug-likeness (QED) is 0.452. The molecule has 0 radical (unpaired) electrons. The molecule has 0 fully saturated rings. The first-order valence-electron chi connectivity index (χ1n) is 13.1. The number of aliphatic hydroxyl groups is 2. The van der Waals surface area contributed by atoms with Crippen molar-refractivity contribution in [2.75, 3.05) is 14.1 Å². The number of halogens is 3. The molecule has 11 heteroatoms. The number of fused-ring (bicyclic) bond motifs is 4. The SMILES string of the molecule is Cc1ccc(C(F)(F)F)c2c1C(=O)C1=C(O)[C@]3(O)C(=O)c4c(OCc5ccccc5)noc4[C@@H](N(C)C)[C@@H]3C[C@@H]1C2. The van der Waals surface area contributed by atoms with Gasteiger partial charge in [0.15, 0.2) is 17.1 Å². The predicted molar refractivity (Wildman–Crippen MR) is 138 cm³/mol. The molecule has 0 unspecified atom stereocenters. The molecule has 0 aliphatic heterocycles. The maximum Gasteiger partial charge on any atom is 0.416 e. The van der Waals surface area contributed by atoms with Crippen molar-refractivity contribution in [2.45, 2.75) is 44.2 Å². The molecule has 6 rings (SSSR count). The summed E-state index contributed by atoms with van der Waals surface area (Å²) < 4.78 is 53.2. The van der Waals surface area contributed by atoms with E-state index in [0.717, 1.165) is 11.6 Å². The number of aryl methyl sites for hydroxylation is 1. The normalized spacial score (nSPS) is 25.5. The lowest BCUT2D eigenvalue weighted by atomic mass is 9.58. The molecule has 3 aliphatic carbocycles. The summed E-state index contributed by atoms with van der Waals surface area (Å²) in [6, 6.07) is 10.5. The molecule has 8 nitrogen and oxygen atoms in total. The highest BCUT2D eigenvalue weighted by molar-refractivity contribution is 6.15. The first-order valence-corrected chi connectivity index (χ1v) is 13.1. The van der Waals surface area contributed by atoms with Gasteiger partial charge in [0.05, 0.1) is 11.6 Å². The van der Waals surface area contributed by atoms with Crippen LogP contribution in [0, 0.1) is 18.8 Å². The van der Waals surface area contributed by atoms with Crippen molar-refractivity contribution in [3.05, 3.63) is 92.9 Å². The van der Waals surface area contributed by atoms with E-state index in [9.17, 15) is 33.0 Å². The van der Waals surface area contributed by atoms with Gasteiger partial charge in [-0.2, -0.15) is 13.2 Å². The Morgan fingerprint density at radius 3 is 2.49 bits per heavy atom. The van der Waals surface area contributed by atoms with E-state index in [1.165, 1.54) is 13.0 Å². The number of Topliss-reactive ketones (excluding diaryl/α,β-unsaturated/α-hetero) is 2. The molecule has 41 heavy (non-hydrogen) atoms. The Hall–Kier alpha value is -3.96. The molecule has 1 aromatic heterocycles. The summed E-state index contributed by atoms with van der Waals surface area (Å²) in [5.41, 5.74) is -3.05. The van der Waals surface area contributed by atoms with Crippen molar-refractivity contribution in [1.29, 1.82) is 0 Å². The van der Waals surface area contributed by atoms with E-state index in [1.807, 2.05) is 30.3 Å². The van der Waals surface area contributed by atoms with Crippen LogP contribution in [0.15, 0.2) is 58.3 Å². The van der Waals surface area contributed by atoms with Gasteiger partial charge < -0.3 is 19.5 Å². The number of benzene rings is 2. The van der Waals surface area contributed by atoms with E-state index in [2.05, 4.69) is 5.16 Å². The van der Waals surface area contributed by atoms with Gasteiger partial charge in [-0.05, 0) is 67.7 Å². The minimum atomic E-state index is -4.69. The lowest BCUT2D eigenvalue weighted by Crippen LogP contribution is -2.59. The summed E-state index contributed by atoms with van der Waals surface area (Å²) in [4.78, 5) is 29.4. The first-order chi connectivity index (χ1) is 19.4. The molecule has 0 saturated heterocycles. The standard InChI is InChI=1S/C30H27F3N2O6/c1-14-9-10-18(30(31,32)33)17-11-16-12-19-23(35(2)3)25-22(28(34-41-25)40-13-15-7-5-4-6-8-15)27(38)29(19,39)26(37)21(16)24(36)20(14)17/h4-10,16,19,23,37,39H,11-13H2,1-3H3/t16-,19-,23-,29-/m0/s1. The van der Waals surface area contributed by atoms with Crippen LogP contribution >= 0.6 is 0 Å². The second-order valence-electron chi connectivity index (χ2n) is 11.1. The molecule has 0 amide bonds. The number of allylic oxidation sites excluding steroid dienone is 1. The molecule has 2 N–H and O–H groups in total. The smallest absolute Gasteiger partial charge is 0.416 e. The molecular formula is C30H27F3N2O6. The third kappa shape index (κ3) is 3.93. The zero-order valence-electron chi connectivity index (χ0n) is 22.5. The molecule has 214 valence electrons. The van der Waals surface area contributed by atoms with Crippen LogP contribution in [0.25, 0.3) is 0 Å². The van der Waals surface area contributed by atoms with E-state index in [0.29, 0.717) is 5.56 Å². The summed E-state index contributed by atoms with van der Waals surface area (Å²) in [6.07, 6.45) is -4.93. The maximum atomic E-state index is 14.0. The number of aromatic nitrogens is 1. The molecule has 0 saturated carbocycles. The maximum absolute atomic E-state index is 14.0. The van der Waals surface area contributed by atoms with Gasteiger partial charge in [0.1, 0.15) is 17.9 Å². The summed E-state index contributed by atoms with van der Waals surface area (Å²) in [5.74, 6) is -4.57. The highest BCUT2D eigenvalue weighted by Gasteiger charge is 2.64. The van der Waals surface area contributed by atoms with Gasteiger partial charge >= 0.3 is 6.18 Å². The van der Waals surface area contributed by atoms with E-state index < -0.39 is 52.5 Å². The van der Waals surface area contributed by atoms with Gasteiger partial charge in [0.25, 0.3) is 5.88 Å². The van der Waals surface area contributed by atoms with Crippen molar-refractivity contribution < 1.29 is 42.2 Å². The summed E-state index contributed by atoms with van der Waals surface area (Å²) in [6.45, 7) is 1.57. The Morgan fingerprint density at radius 2 is 1.83 bits per heavy atom. The molecule has 4 atom stereocenters.